The van der Waals surface area contributed by atoms with Gasteiger partial charge in [0.05, 0.1) is 16.1 Å². The Morgan fingerprint density at radius 1 is 0.395 bits per heavy atom. The lowest BCUT2D eigenvalue weighted by Gasteiger charge is -2.19. The fourth-order valence-corrected chi connectivity index (χ4v) is 8.09. The van der Waals surface area contributed by atoms with Crippen LogP contribution in [-0.2, 0) is 0 Å². The molecule has 6 aromatic carbocycles. The first-order valence-corrected chi connectivity index (χ1v) is 20.7. The van der Waals surface area contributed by atoms with Gasteiger partial charge in [0.1, 0.15) is 0 Å². The highest BCUT2D eigenvalue weighted by Gasteiger charge is 2.19. The van der Waals surface area contributed by atoms with Gasteiger partial charge in [0.2, 0.25) is 0 Å². The number of benzene rings is 6. The van der Waals surface area contributed by atoms with Crippen molar-refractivity contribution in [1.82, 2.24) is 0 Å². The second-order valence-corrected chi connectivity index (χ2v) is 22.8. The maximum Gasteiger partial charge on any atom is 0.0775 e. The van der Waals surface area contributed by atoms with Gasteiger partial charge in [-0.05, 0) is 66.7 Å². The van der Waals surface area contributed by atoms with E-state index in [1.165, 1.54) is 64.9 Å². The van der Waals surface area contributed by atoms with Crippen LogP contribution < -0.4 is 10.4 Å². The topological polar surface area (TPSA) is 0 Å². The van der Waals surface area contributed by atoms with Gasteiger partial charge in [-0.25, -0.2) is 0 Å². The molecular weight excluding hydrogens is 489 g/mol. The van der Waals surface area contributed by atoms with Crippen molar-refractivity contribution in [2.75, 3.05) is 0 Å². The molecule has 0 fully saturated rings. The molecule has 6 rings (SSSR count). The molecule has 0 heterocycles. The molecule has 0 amide bonds. The highest BCUT2D eigenvalue weighted by Crippen LogP contribution is 2.41. The van der Waals surface area contributed by atoms with Crippen molar-refractivity contribution in [3.8, 4) is 22.3 Å². The smallest absolute Gasteiger partial charge is 0.0656 e. The Morgan fingerprint density at radius 3 is 1.08 bits per heavy atom. The third kappa shape index (κ3) is 4.32. The first kappa shape index (κ1) is 24.8. The van der Waals surface area contributed by atoms with E-state index in [4.69, 9.17) is 0 Å². The summed E-state index contributed by atoms with van der Waals surface area (Å²) in [5.41, 5.74) is 5.20. The number of rotatable bonds is 4. The average Bonchev–Trinajstić information content (AvgIpc) is 2.91. The summed E-state index contributed by atoms with van der Waals surface area (Å²) in [7, 11) is -2.69. The molecule has 2 heteroatoms. The molecule has 0 unspecified atom stereocenters. The van der Waals surface area contributed by atoms with Gasteiger partial charge in [0.25, 0.3) is 0 Å². The predicted molar refractivity (Wildman–Crippen MR) is 176 cm³/mol. The van der Waals surface area contributed by atoms with Crippen LogP contribution in [0.2, 0.25) is 39.3 Å². The summed E-state index contributed by atoms with van der Waals surface area (Å²) in [5.74, 6) is 0. The molecule has 0 N–H and O–H groups in total. The summed E-state index contributed by atoms with van der Waals surface area (Å²) in [6.07, 6.45) is 0. The van der Waals surface area contributed by atoms with Gasteiger partial charge in [0, 0.05) is 0 Å². The zero-order chi connectivity index (χ0) is 26.7. The minimum absolute atomic E-state index is 1.29. The molecule has 0 nitrogen and oxygen atoms in total. The number of fused-ring (bicyclic) bond motifs is 5. The second kappa shape index (κ2) is 9.08. The summed E-state index contributed by atoms with van der Waals surface area (Å²) in [6, 6.07) is 41.5. The Labute approximate surface area is 229 Å². The first-order valence-electron chi connectivity index (χ1n) is 13.7. The molecule has 0 aliphatic heterocycles. The van der Waals surface area contributed by atoms with Gasteiger partial charge < -0.3 is 0 Å². The van der Waals surface area contributed by atoms with E-state index in [0.717, 1.165) is 0 Å². The predicted octanol–water partition coefficient (Wildman–Crippen LogP) is 9.57. The highest BCUT2D eigenvalue weighted by molar-refractivity contribution is 6.89. The third-order valence-corrected chi connectivity index (χ3v) is 12.1. The number of hydrogen-bond acceptors (Lipinski definition) is 0. The van der Waals surface area contributed by atoms with Gasteiger partial charge in [0.15, 0.2) is 0 Å². The van der Waals surface area contributed by atoms with Crippen LogP contribution >= 0.6 is 0 Å². The zero-order valence-electron chi connectivity index (χ0n) is 23.4. The summed E-state index contributed by atoms with van der Waals surface area (Å²) in [6.45, 7) is 14.5. The minimum Gasteiger partial charge on any atom is -0.0656 e. The van der Waals surface area contributed by atoms with E-state index in [1.807, 2.05) is 0 Å². The van der Waals surface area contributed by atoms with Crippen LogP contribution in [0, 0.1) is 0 Å². The Kier molecular flexibility index (Phi) is 5.93. The second-order valence-electron chi connectivity index (χ2n) is 12.7. The van der Waals surface area contributed by atoms with Crippen LogP contribution in [0.25, 0.3) is 54.6 Å². The summed E-state index contributed by atoms with van der Waals surface area (Å²) < 4.78 is 0. The van der Waals surface area contributed by atoms with Gasteiger partial charge in [-0.3, -0.25) is 0 Å². The average molecular weight is 525 g/mol. The zero-order valence-corrected chi connectivity index (χ0v) is 25.4. The van der Waals surface area contributed by atoms with Crippen molar-refractivity contribution in [3.63, 3.8) is 0 Å². The lowest BCUT2D eigenvalue weighted by molar-refractivity contribution is 1.64. The van der Waals surface area contributed by atoms with Crippen molar-refractivity contribution in [1.29, 1.82) is 0 Å². The van der Waals surface area contributed by atoms with Crippen molar-refractivity contribution in [3.05, 3.63) is 109 Å². The number of hydrogen-bond donors (Lipinski definition) is 0. The van der Waals surface area contributed by atoms with Crippen LogP contribution in [-0.4, -0.2) is 16.1 Å². The Balaban J connectivity index is 1.64. The molecule has 0 radical (unpaired) electrons. The lowest BCUT2D eigenvalue weighted by Crippen LogP contribution is -2.37. The van der Waals surface area contributed by atoms with Gasteiger partial charge in [-0.2, -0.15) is 0 Å². The standard InChI is InChI=1S/C36H36Si2/c1-37(2,3)28-19-15-25(16-20-28)34-23-27-24-35(26-17-21-29(22-18-26)38(4,5)6)31-12-8-10-14-33(31)36(27)32-13-9-7-11-30(32)34/h7-24H,1-6H3. The van der Waals surface area contributed by atoms with E-state index in [-0.39, 0.29) is 0 Å². The van der Waals surface area contributed by atoms with E-state index < -0.39 is 16.1 Å². The Bertz CT molecular complexity index is 1660. The molecule has 0 spiro atoms. The van der Waals surface area contributed by atoms with E-state index in [2.05, 4.69) is 148 Å². The largest absolute Gasteiger partial charge is 0.0775 e. The Hall–Kier alpha value is -3.47. The minimum atomic E-state index is -1.34. The summed E-state index contributed by atoms with van der Waals surface area (Å²) in [5, 5.41) is 10.9. The van der Waals surface area contributed by atoms with Crippen molar-refractivity contribution >= 4 is 58.8 Å². The molecular formula is C36H36Si2. The molecule has 188 valence electrons. The molecule has 38 heavy (non-hydrogen) atoms. The fraction of sp³-hybridized carbons (Fsp3) is 0.167. The molecule has 0 saturated carbocycles. The van der Waals surface area contributed by atoms with Crippen LogP contribution in [0.4, 0.5) is 0 Å². The fourth-order valence-electron chi connectivity index (χ4n) is 5.76. The van der Waals surface area contributed by atoms with Crippen molar-refractivity contribution < 1.29 is 0 Å². The van der Waals surface area contributed by atoms with Gasteiger partial charge in [-0.15, -0.1) is 0 Å². The molecule has 0 aliphatic carbocycles. The molecule has 0 aliphatic rings. The molecule has 0 atom stereocenters. The van der Waals surface area contributed by atoms with Crippen LogP contribution in [0.15, 0.2) is 109 Å². The van der Waals surface area contributed by atoms with E-state index in [1.54, 1.807) is 0 Å². The van der Waals surface area contributed by atoms with Crippen LogP contribution in [0.5, 0.6) is 0 Å². The monoisotopic (exact) mass is 524 g/mol. The van der Waals surface area contributed by atoms with Gasteiger partial charge in [-0.1, -0.05) is 147 Å². The van der Waals surface area contributed by atoms with E-state index in [0.29, 0.717) is 0 Å². The van der Waals surface area contributed by atoms with E-state index in [9.17, 15) is 0 Å². The summed E-state index contributed by atoms with van der Waals surface area (Å²) >= 11 is 0. The van der Waals surface area contributed by atoms with Crippen LogP contribution in [0.3, 0.4) is 0 Å². The molecule has 0 saturated heterocycles. The van der Waals surface area contributed by atoms with Crippen LogP contribution in [0.1, 0.15) is 0 Å². The maximum atomic E-state index is 2.42. The van der Waals surface area contributed by atoms with Crippen molar-refractivity contribution in [2.45, 2.75) is 39.3 Å². The molecule has 0 bridgehead atoms. The lowest BCUT2D eigenvalue weighted by atomic mass is 9.88. The molecule has 6 aromatic rings. The normalized spacial score (nSPS) is 12.5. The quantitative estimate of drug-likeness (QED) is 0.159. The van der Waals surface area contributed by atoms with Crippen molar-refractivity contribution in [2.24, 2.45) is 0 Å². The van der Waals surface area contributed by atoms with Gasteiger partial charge >= 0.3 is 0 Å². The summed E-state index contributed by atoms with van der Waals surface area (Å²) in [4.78, 5) is 0. The molecule has 0 aromatic heterocycles. The Morgan fingerprint density at radius 2 is 0.737 bits per heavy atom. The SMILES string of the molecule is C[Si](C)(C)c1ccc(-c2cc3cc(-c4ccc([Si](C)(C)C)cc4)c4ccccc4c3c3ccccc23)cc1. The first-order chi connectivity index (χ1) is 18.1. The maximum absolute atomic E-state index is 2.42. The highest BCUT2D eigenvalue weighted by atomic mass is 28.3. The third-order valence-electron chi connectivity index (χ3n) is 7.99. The van der Waals surface area contributed by atoms with E-state index >= 15 is 0 Å².